The number of amides is 1. The Kier molecular flexibility index (Phi) is 5.06. The van der Waals surface area contributed by atoms with Gasteiger partial charge in [-0.25, -0.2) is 9.79 Å². The van der Waals surface area contributed by atoms with Crippen LogP contribution in [0.5, 0.6) is 0 Å². The van der Waals surface area contributed by atoms with Crippen molar-refractivity contribution < 1.29 is 14.7 Å². The molecule has 0 unspecified atom stereocenters. The third kappa shape index (κ3) is 3.83. The number of hydrogen-bond donors (Lipinski definition) is 1. The van der Waals surface area contributed by atoms with Crippen molar-refractivity contribution in [3.05, 3.63) is 69.0 Å². The summed E-state index contributed by atoms with van der Waals surface area (Å²) < 4.78 is 0.901. The molecule has 25 heavy (non-hydrogen) atoms. The first-order chi connectivity index (χ1) is 12.0. The van der Waals surface area contributed by atoms with E-state index in [4.69, 9.17) is 5.11 Å². The highest BCUT2D eigenvalue weighted by Crippen LogP contribution is 2.34. The Bertz CT molecular complexity index is 924. The predicted molar refractivity (Wildman–Crippen MR) is 103 cm³/mol. The molecule has 1 amide bonds. The molecule has 1 N–H and O–H groups in total. The monoisotopic (exact) mass is 416 g/mol. The van der Waals surface area contributed by atoms with E-state index in [9.17, 15) is 9.59 Å². The van der Waals surface area contributed by atoms with Crippen LogP contribution >= 0.6 is 27.7 Å². The highest BCUT2D eigenvalue weighted by Gasteiger charge is 2.30. The summed E-state index contributed by atoms with van der Waals surface area (Å²) in [6.45, 7) is 0. The van der Waals surface area contributed by atoms with Gasteiger partial charge in [-0.1, -0.05) is 40.2 Å². The number of halogens is 1. The smallest absolute Gasteiger partial charge is 0.335 e. The largest absolute Gasteiger partial charge is 0.478 e. The molecule has 0 bridgehead atoms. The van der Waals surface area contributed by atoms with Gasteiger partial charge in [-0.2, -0.15) is 0 Å². The summed E-state index contributed by atoms with van der Waals surface area (Å²) in [5.74, 6) is -1.16. The van der Waals surface area contributed by atoms with Crippen LogP contribution in [-0.4, -0.2) is 34.1 Å². The summed E-state index contributed by atoms with van der Waals surface area (Å²) in [7, 11) is 1.65. The number of aromatic carboxylic acids is 1. The maximum Gasteiger partial charge on any atom is 0.335 e. The number of carbonyl (C=O) groups excluding carboxylic acids is 1. The van der Waals surface area contributed by atoms with Gasteiger partial charge in [0.1, 0.15) is 0 Å². The van der Waals surface area contributed by atoms with E-state index in [0.717, 1.165) is 10.0 Å². The number of rotatable bonds is 3. The van der Waals surface area contributed by atoms with Crippen LogP contribution in [0.25, 0.3) is 6.08 Å². The van der Waals surface area contributed by atoms with Crippen LogP contribution in [-0.2, 0) is 4.79 Å². The number of benzene rings is 2. The zero-order valence-corrected chi connectivity index (χ0v) is 15.5. The molecular weight excluding hydrogens is 404 g/mol. The van der Waals surface area contributed by atoms with Crippen LogP contribution in [0.4, 0.5) is 5.69 Å². The molecule has 1 heterocycles. The molecule has 0 atom stereocenters. The maximum absolute atomic E-state index is 12.4. The third-order valence-electron chi connectivity index (χ3n) is 3.51. The summed E-state index contributed by atoms with van der Waals surface area (Å²) in [4.78, 5) is 29.9. The molecule has 7 heteroatoms. The molecule has 1 saturated heterocycles. The van der Waals surface area contributed by atoms with Crippen LogP contribution in [0.1, 0.15) is 15.9 Å². The maximum atomic E-state index is 12.4. The second-order valence-corrected chi connectivity index (χ2v) is 7.11. The lowest BCUT2D eigenvalue weighted by Gasteiger charge is -2.07. The van der Waals surface area contributed by atoms with E-state index in [-0.39, 0.29) is 11.5 Å². The van der Waals surface area contributed by atoms with Crippen LogP contribution in [0.3, 0.4) is 0 Å². The van der Waals surface area contributed by atoms with Gasteiger partial charge in [0.05, 0.1) is 16.2 Å². The van der Waals surface area contributed by atoms with Crippen molar-refractivity contribution in [3.8, 4) is 0 Å². The molecular formula is C18H13BrN2O3S. The van der Waals surface area contributed by atoms with Gasteiger partial charge in [-0.05, 0) is 47.7 Å². The summed E-state index contributed by atoms with van der Waals surface area (Å²) >= 11 is 4.72. The first kappa shape index (κ1) is 17.4. The SMILES string of the molecule is CN1C(=O)/C(=C/c2ccccc2Br)SC1=Nc1cccc(C(=O)O)c1. The van der Waals surface area contributed by atoms with E-state index in [2.05, 4.69) is 20.9 Å². The second kappa shape index (κ2) is 7.25. The van der Waals surface area contributed by atoms with E-state index in [1.165, 1.54) is 28.8 Å². The molecule has 0 spiro atoms. The van der Waals surface area contributed by atoms with E-state index >= 15 is 0 Å². The molecule has 0 radical (unpaired) electrons. The van der Waals surface area contributed by atoms with E-state index in [1.807, 2.05) is 30.3 Å². The van der Waals surface area contributed by atoms with Crippen LogP contribution in [0, 0.1) is 0 Å². The van der Waals surface area contributed by atoms with Gasteiger partial charge >= 0.3 is 5.97 Å². The Morgan fingerprint density at radius 1 is 1.24 bits per heavy atom. The van der Waals surface area contributed by atoms with Gasteiger partial charge in [0, 0.05) is 11.5 Å². The molecule has 5 nitrogen and oxygen atoms in total. The number of aliphatic imine (C=N–C) groups is 1. The predicted octanol–water partition coefficient (Wildman–Crippen LogP) is 4.38. The van der Waals surface area contributed by atoms with Crippen molar-refractivity contribution in [1.29, 1.82) is 0 Å². The van der Waals surface area contributed by atoms with E-state index < -0.39 is 5.97 Å². The van der Waals surface area contributed by atoms with Crippen LogP contribution in [0.2, 0.25) is 0 Å². The van der Waals surface area contributed by atoms with E-state index in [1.54, 1.807) is 19.2 Å². The minimum absolute atomic E-state index is 0.145. The lowest BCUT2D eigenvalue weighted by atomic mass is 10.2. The third-order valence-corrected chi connectivity index (χ3v) is 5.30. The van der Waals surface area contributed by atoms with Gasteiger partial charge in [0.2, 0.25) is 0 Å². The number of likely N-dealkylation sites (N-methyl/N-ethyl adjacent to an activating group) is 1. The van der Waals surface area contributed by atoms with Crippen molar-refractivity contribution in [3.63, 3.8) is 0 Å². The van der Waals surface area contributed by atoms with Crippen molar-refractivity contribution >= 4 is 56.5 Å². The van der Waals surface area contributed by atoms with Gasteiger partial charge in [0.25, 0.3) is 5.91 Å². The molecule has 0 saturated carbocycles. The molecule has 1 aliphatic heterocycles. The normalized spacial score (nSPS) is 17.5. The average Bonchev–Trinajstić information content (AvgIpc) is 2.85. The minimum Gasteiger partial charge on any atom is -0.478 e. The number of carbonyl (C=O) groups is 2. The first-order valence-electron chi connectivity index (χ1n) is 7.30. The van der Waals surface area contributed by atoms with Gasteiger partial charge < -0.3 is 5.11 Å². The zero-order valence-electron chi connectivity index (χ0n) is 13.1. The lowest BCUT2D eigenvalue weighted by molar-refractivity contribution is -0.121. The highest BCUT2D eigenvalue weighted by molar-refractivity contribution is 9.10. The molecule has 3 rings (SSSR count). The van der Waals surface area contributed by atoms with Crippen molar-refractivity contribution in [2.45, 2.75) is 0 Å². The molecule has 1 fully saturated rings. The Morgan fingerprint density at radius 2 is 2.00 bits per heavy atom. The van der Waals surface area contributed by atoms with Crippen LogP contribution in [0.15, 0.2) is 62.9 Å². The fourth-order valence-electron chi connectivity index (χ4n) is 2.20. The van der Waals surface area contributed by atoms with Crippen molar-refractivity contribution in [1.82, 2.24) is 4.90 Å². The van der Waals surface area contributed by atoms with Crippen molar-refractivity contribution in [2.75, 3.05) is 7.05 Å². The summed E-state index contributed by atoms with van der Waals surface area (Å²) in [5.41, 5.74) is 1.55. The number of thioether (sulfide) groups is 1. The van der Waals surface area contributed by atoms with E-state index in [0.29, 0.717) is 15.8 Å². The number of carboxylic acid groups (broad SMARTS) is 1. The Labute approximate surface area is 157 Å². The van der Waals surface area contributed by atoms with Gasteiger partial charge in [-0.3, -0.25) is 9.69 Å². The molecule has 0 aromatic heterocycles. The lowest BCUT2D eigenvalue weighted by Crippen LogP contribution is -2.23. The minimum atomic E-state index is -1.01. The quantitative estimate of drug-likeness (QED) is 0.753. The molecule has 126 valence electrons. The Balaban J connectivity index is 1.92. The topological polar surface area (TPSA) is 70.0 Å². The molecule has 2 aromatic carbocycles. The fourth-order valence-corrected chi connectivity index (χ4v) is 3.58. The zero-order chi connectivity index (χ0) is 18.0. The number of hydrogen-bond acceptors (Lipinski definition) is 4. The van der Waals surface area contributed by atoms with Crippen LogP contribution < -0.4 is 0 Å². The van der Waals surface area contributed by atoms with Gasteiger partial charge in [-0.15, -0.1) is 0 Å². The Morgan fingerprint density at radius 3 is 2.72 bits per heavy atom. The summed E-state index contributed by atoms with van der Waals surface area (Å²) in [6.07, 6.45) is 1.81. The number of amidine groups is 1. The molecule has 2 aromatic rings. The fraction of sp³-hybridized carbons (Fsp3) is 0.0556. The first-order valence-corrected chi connectivity index (χ1v) is 8.91. The summed E-state index contributed by atoms with van der Waals surface area (Å²) in [6, 6.07) is 13.9. The number of nitrogens with zero attached hydrogens (tertiary/aromatic N) is 2. The molecule has 0 aliphatic carbocycles. The highest BCUT2D eigenvalue weighted by atomic mass is 79.9. The number of carboxylic acids is 1. The standard InChI is InChI=1S/C18H13BrN2O3S/c1-21-16(22)15(10-11-5-2-3-8-14(11)19)25-18(21)20-13-7-4-6-12(9-13)17(23)24/h2-10H,1H3,(H,23,24)/b15-10-,20-18?. The second-order valence-electron chi connectivity index (χ2n) is 5.25. The van der Waals surface area contributed by atoms with Crippen molar-refractivity contribution in [2.24, 2.45) is 4.99 Å². The molecule has 1 aliphatic rings. The Hall–Kier alpha value is -2.38. The average molecular weight is 417 g/mol. The van der Waals surface area contributed by atoms with Gasteiger partial charge in [0.15, 0.2) is 5.17 Å². The summed E-state index contributed by atoms with van der Waals surface area (Å²) in [5, 5.41) is 9.57.